The summed E-state index contributed by atoms with van der Waals surface area (Å²) in [5.41, 5.74) is 6.35. The SMILES string of the molecule is COc1cccc(C(=O)N2CCCC2CN)c1.Cl. The standard InChI is InChI=1S/C13H18N2O2.ClH/c1-17-12-6-2-4-10(8-12)13(16)15-7-3-5-11(15)9-14;/h2,4,6,8,11H,3,5,7,9,14H2,1H3;1H. The predicted molar refractivity (Wildman–Crippen MR) is 73.4 cm³/mol. The van der Waals surface area contributed by atoms with Gasteiger partial charge in [-0.1, -0.05) is 6.07 Å². The maximum absolute atomic E-state index is 12.3. The van der Waals surface area contributed by atoms with Gasteiger partial charge in [0.25, 0.3) is 5.91 Å². The quantitative estimate of drug-likeness (QED) is 0.909. The molecule has 1 amide bonds. The van der Waals surface area contributed by atoms with E-state index in [0.717, 1.165) is 19.4 Å². The minimum atomic E-state index is 0. The molecular formula is C13H19ClN2O2. The Morgan fingerprint density at radius 3 is 3.00 bits per heavy atom. The lowest BCUT2D eigenvalue weighted by Gasteiger charge is -2.23. The summed E-state index contributed by atoms with van der Waals surface area (Å²) in [5.74, 6) is 0.760. The maximum Gasteiger partial charge on any atom is 0.254 e. The molecule has 0 spiro atoms. The smallest absolute Gasteiger partial charge is 0.254 e. The van der Waals surface area contributed by atoms with Crippen LogP contribution in [0.3, 0.4) is 0 Å². The second-order valence-electron chi connectivity index (χ2n) is 4.26. The number of rotatable bonds is 3. The molecule has 2 N–H and O–H groups in total. The lowest BCUT2D eigenvalue weighted by atomic mass is 10.1. The number of benzene rings is 1. The molecule has 100 valence electrons. The van der Waals surface area contributed by atoms with Gasteiger partial charge in [0.1, 0.15) is 5.75 Å². The fourth-order valence-electron chi connectivity index (χ4n) is 2.27. The Labute approximate surface area is 114 Å². The highest BCUT2D eigenvalue weighted by Crippen LogP contribution is 2.21. The van der Waals surface area contributed by atoms with Crippen molar-refractivity contribution in [3.8, 4) is 5.75 Å². The number of carbonyl (C=O) groups excluding carboxylic acids is 1. The fourth-order valence-corrected chi connectivity index (χ4v) is 2.27. The third-order valence-corrected chi connectivity index (χ3v) is 3.23. The van der Waals surface area contributed by atoms with Crippen LogP contribution in [0.5, 0.6) is 5.75 Å². The number of hydrogen-bond donors (Lipinski definition) is 1. The van der Waals surface area contributed by atoms with Crippen LogP contribution in [0, 0.1) is 0 Å². The van der Waals surface area contributed by atoms with Gasteiger partial charge < -0.3 is 15.4 Å². The summed E-state index contributed by atoms with van der Waals surface area (Å²) in [6.45, 7) is 1.34. The Morgan fingerprint density at radius 1 is 1.56 bits per heavy atom. The number of carbonyl (C=O) groups is 1. The Hall–Kier alpha value is -1.26. The lowest BCUT2D eigenvalue weighted by Crippen LogP contribution is -2.39. The number of nitrogens with zero attached hydrogens (tertiary/aromatic N) is 1. The number of ether oxygens (including phenoxy) is 1. The predicted octanol–water partition coefficient (Wildman–Crippen LogP) is 1.68. The number of nitrogens with two attached hydrogens (primary N) is 1. The van der Waals surface area contributed by atoms with Crippen LogP contribution in [0.15, 0.2) is 24.3 Å². The molecule has 0 aliphatic carbocycles. The molecule has 1 fully saturated rings. The van der Waals surface area contributed by atoms with E-state index >= 15 is 0 Å². The molecule has 0 radical (unpaired) electrons. The largest absolute Gasteiger partial charge is 0.497 e. The van der Waals surface area contributed by atoms with Gasteiger partial charge in [-0.05, 0) is 31.0 Å². The zero-order valence-corrected chi connectivity index (χ0v) is 11.3. The van der Waals surface area contributed by atoms with E-state index in [4.69, 9.17) is 10.5 Å². The van der Waals surface area contributed by atoms with E-state index in [1.54, 1.807) is 13.2 Å². The number of hydrogen-bond acceptors (Lipinski definition) is 3. The van der Waals surface area contributed by atoms with Crippen LogP contribution in [-0.4, -0.2) is 37.0 Å². The lowest BCUT2D eigenvalue weighted by molar-refractivity contribution is 0.0741. The summed E-state index contributed by atoms with van der Waals surface area (Å²) in [5, 5.41) is 0. The van der Waals surface area contributed by atoms with E-state index in [1.165, 1.54) is 0 Å². The first-order chi connectivity index (χ1) is 8.26. The number of amides is 1. The average molecular weight is 271 g/mol. The summed E-state index contributed by atoms with van der Waals surface area (Å²) in [7, 11) is 1.60. The first-order valence-corrected chi connectivity index (χ1v) is 5.91. The molecule has 1 aromatic rings. The van der Waals surface area contributed by atoms with E-state index in [1.807, 2.05) is 23.1 Å². The Morgan fingerprint density at radius 2 is 2.33 bits per heavy atom. The van der Waals surface area contributed by atoms with Crippen molar-refractivity contribution >= 4 is 18.3 Å². The topological polar surface area (TPSA) is 55.6 Å². The Balaban J connectivity index is 0.00000162. The normalized spacial score (nSPS) is 18.3. The monoisotopic (exact) mass is 270 g/mol. The van der Waals surface area contributed by atoms with Gasteiger partial charge in [-0.25, -0.2) is 0 Å². The van der Waals surface area contributed by atoms with Gasteiger partial charge in [-0.3, -0.25) is 4.79 Å². The van der Waals surface area contributed by atoms with Gasteiger partial charge in [0.15, 0.2) is 0 Å². The molecule has 1 aliphatic rings. The summed E-state index contributed by atoms with van der Waals surface area (Å²) < 4.78 is 5.13. The van der Waals surface area contributed by atoms with Gasteiger partial charge >= 0.3 is 0 Å². The summed E-state index contributed by atoms with van der Waals surface area (Å²) in [4.78, 5) is 14.2. The highest BCUT2D eigenvalue weighted by Gasteiger charge is 2.28. The number of halogens is 1. The van der Waals surface area contributed by atoms with Crippen LogP contribution in [0.2, 0.25) is 0 Å². The molecule has 1 saturated heterocycles. The van der Waals surface area contributed by atoms with E-state index in [9.17, 15) is 4.79 Å². The van der Waals surface area contributed by atoms with Crippen molar-refractivity contribution in [1.29, 1.82) is 0 Å². The van der Waals surface area contributed by atoms with Crippen molar-refractivity contribution in [2.45, 2.75) is 18.9 Å². The summed E-state index contributed by atoms with van der Waals surface area (Å²) in [6.07, 6.45) is 2.05. The highest BCUT2D eigenvalue weighted by molar-refractivity contribution is 5.95. The zero-order valence-electron chi connectivity index (χ0n) is 10.5. The van der Waals surface area contributed by atoms with Crippen molar-refractivity contribution in [2.75, 3.05) is 20.2 Å². The fraction of sp³-hybridized carbons (Fsp3) is 0.462. The maximum atomic E-state index is 12.3. The molecule has 4 nitrogen and oxygen atoms in total. The van der Waals surface area contributed by atoms with E-state index in [-0.39, 0.29) is 24.4 Å². The molecule has 1 heterocycles. The molecule has 1 atom stereocenters. The minimum absolute atomic E-state index is 0. The second kappa shape index (κ2) is 6.61. The average Bonchev–Trinajstić information content (AvgIpc) is 2.86. The van der Waals surface area contributed by atoms with E-state index in [0.29, 0.717) is 17.9 Å². The third kappa shape index (κ3) is 2.94. The molecule has 1 aromatic carbocycles. The molecule has 0 saturated carbocycles. The van der Waals surface area contributed by atoms with Crippen molar-refractivity contribution in [3.05, 3.63) is 29.8 Å². The first kappa shape index (κ1) is 14.8. The van der Waals surface area contributed by atoms with Crippen molar-refractivity contribution in [1.82, 2.24) is 4.90 Å². The first-order valence-electron chi connectivity index (χ1n) is 5.91. The zero-order chi connectivity index (χ0) is 12.3. The number of likely N-dealkylation sites (tertiary alicyclic amines) is 1. The van der Waals surface area contributed by atoms with Crippen LogP contribution in [0.25, 0.3) is 0 Å². The minimum Gasteiger partial charge on any atom is -0.497 e. The third-order valence-electron chi connectivity index (χ3n) is 3.23. The highest BCUT2D eigenvalue weighted by atomic mass is 35.5. The molecule has 1 aliphatic heterocycles. The van der Waals surface area contributed by atoms with Gasteiger partial charge in [0.05, 0.1) is 7.11 Å². The van der Waals surface area contributed by atoms with E-state index < -0.39 is 0 Å². The van der Waals surface area contributed by atoms with Crippen LogP contribution in [0.1, 0.15) is 23.2 Å². The molecule has 1 unspecified atom stereocenters. The second-order valence-corrected chi connectivity index (χ2v) is 4.26. The van der Waals surface area contributed by atoms with Crippen LogP contribution < -0.4 is 10.5 Å². The van der Waals surface area contributed by atoms with Gasteiger partial charge in [0, 0.05) is 24.7 Å². The van der Waals surface area contributed by atoms with Gasteiger partial charge in [-0.2, -0.15) is 0 Å². The molecule has 2 rings (SSSR count). The molecule has 18 heavy (non-hydrogen) atoms. The molecule has 5 heteroatoms. The van der Waals surface area contributed by atoms with Crippen molar-refractivity contribution in [2.24, 2.45) is 5.73 Å². The van der Waals surface area contributed by atoms with Gasteiger partial charge in [-0.15, -0.1) is 12.4 Å². The van der Waals surface area contributed by atoms with E-state index in [2.05, 4.69) is 0 Å². The van der Waals surface area contributed by atoms with Crippen molar-refractivity contribution < 1.29 is 9.53 Å². The van der Waals surface area contributed by atoms with Crippen LogP contribution >= 0.6 is 12.4 Å². The Bertz CT molecular complexity index is 412. The molecule has 0 aromatic heterocycles. The van der Waals surface area contributed by atoms with Crippen LogP contribution in [-0.2, 0) is 0 Å². The Kier molecular flexibility index (Phi) is 5.44. The van der Waals surface area contributed by atoms with Gasteiger partial charge in [0.2, 0.25) is 0 Å². The number of methoxy groups -OCH3 is 1. The summed E-state index contributed by atoms with van der Waals surface area (Å²) >= 11 is 0. The molecule has 0 bridgehead atoms. The molecular weight excluding hydrogens is 252 g/mol. The van der Waals surface area contributed by atoms with Crippen molar-refractivity contribution in [3.63, 3.8) is 0 Å². The summed E-state index contributed by atoms with van der Waals surface area (Å²) in [6, 6.07) is 7.44. The van der Waals surface area contributed by atoms with Crippen LogP contribution in [0.4, 0.5) is 0 Å².